The highest BCUT2D eigenvalue weighted by molar-refractivity contribution is 7.80. The molecule has 0 atom stereocenters. The summed E-state index contributed by atoms with van der Waals surface area (Å²) < 4.78 is 0. The van der Waals surface area contributed by atoms with Gasteiger partial charge in [0.2, 0.25) is 5.91 Å². The Morgan fingerprint density at radius 1 is 1.25 bits per heavy atom. The van der Waals surface area contributed by atoms with Crippen LogP contribution in [0.4, 0.5) is 0 Å². The standard InChI is InChI=1S/C16H30N2OS/c1-12(2)15(3,4)11-18-14(19)16(13(17)20)9-7-5-6-8-10-16/h12H,5-11H2,1-4H3,(H2,17,20)(H,18,19). The lowest BCUT2D eigenvalue weighted by Crippen LogP contribution is -2.51. The van der Waals surface area contributed by atoms with Crippen LogP contribution >= 0.6 is 12.2 Å². The van der Waals surface area contributed by atoms with Gasteiger partial charge in [-0.1, -0.05) is 65.6 Å². The third kappa shape index (κ3) is 3.94. The lowest BCUT2D eigenvalue weighted by Gasteiger charge is -2.34. The summed E-state index contributed by atoms with van der Waals surface area (Å²) in [7, 11) is 0. The highest BCUT2D eigenvalue weighted by Crippen LogP contribution is 2.36. The Labute approximate surface area is 129 Å². The molecule has 0 aromatic rings. The van der Waals surface area contributed by atoms with Crippen LogP contribution in [0.3, 0.4) is 0 Å². The monoisotopic (exact) mass is 298 g/mol. The zero-order valence-corrected chi connectivity index (χ0v) is 14.2. The van der Waals surface area contributed by atoms with E-state index in [0.717, 1.165) is 25.7 Å². The molecule has 0 heterocycles. The summed E-state index contributed by atoms with van der Waals surface area (Å²) >= 11 is 5.24. The van der Waals surface area contributed by atoms with Crippen molar-refractivity contribution in [2.24, 2.45) is 22.5 Å². The fourth-order valence-electron chi connectivity index (χ4n) is 2.60. The minimum absolute atomic E-state index is 0.0422. The van der Waals surface area contributed by atoms with Crippen LogP contribution in [-0.4, -0.2) is 17.4 Å². The molecule has 4 heteroatoms. The van der Waals surface area contributed by atoms with Gasteiger partial charge in [-0.25, -0.2) is 0 Å². The number of carbonyl (C=O) groups is 1. The van der Waals surface area contributed by atoms with Crippen molar-refractivity contribution in [1.82, 2.24) is 5.32 Å². The van der Waals surface area contributed by atoms with E-state index < -0.39 is 5.41 Å². The topological polar surface area (TPSA) is 55.1 Å². The van der Waals surface area contributed by atoms with Gasteiger partial charge in [0.1, 0.15) is 0 Å². The Morgan fingerprint density at radius 2 is 1.75 bits per heavy atom. The van der Waals surface area contributed by atoms with Crippen molar-refractivity contribution in [3.05, 3.63) is 0 Å². The van der Waals surface area contributed by atoms with Gasteiger partial charge in [0.25, 0.3) is 0 Å². The average Bonchev–Trinajstić information content (AvgIpc) is 2.62. The second-order valence-electron chi connectivity index (χ2n) is 7.19. The van der Waals surface area contributed by atoms with Crippen LogP contribution in [-0.2, 0) is 4.79 Å². The zero-order chi connectivity index (χ0) is 15.4. The molecule has 0 bridgehead atoms. The quantitative estimate of drug-likeness (QED) is 0.604. The summed E-state index contributed by atoms with van der Waals surface area (Å²) in [6.07, 6.45) is 6.04. The third-order valence-corrected chi connectivity index (χ3v) is 5.52. The fraction of sp³-hybridized carbons (Fsp3) is 0.875. The number of hydrogen-bond acceptors (Lipinski definition) is 2. The third-order valence-electron chi connectivity index (χ3n) is 5.13. The Bertz CT molecular complexity index is 355. The number of hydrogen-bond donors (Lipinski definition) is 2. The minimum Gasteiger partial charge on any atom is -0.392 e. The summed E-state index contributed by atoms with van der Waals surface area (Å²) in [5.74, 6) is 0.554. The summed E-state index contributed by atoms with van der Waals surface area (Å²) in [6, 6.07) is 0. The first kappa shape index (κ1) is 17.4. The maximum absolute atomic E-state index is 12.7. The number of amides is 1. The van der Waals surface area contributed by atoms with Gasteiger partial charge in [-0.2, -0.15) is 0 Å². The molecule has 1 saturated carbocycles. The van der Waals surface area contributed by atoms with Gasteiger partial charge in [0.05, 0.1) is 10.4 Å². The lowest BCUT2D eigenvalue weighted by atomic mass is 9.77. The van der Waals surface area contributed by atoms with E-state index in [4.69, 9.17) is 18.0 Å². The van der Waals surface area contributed by atoms with Gasteiger partial charge < -0.3 is 11.1 Å². The molecular weight excluding hydrogens is 268 g/mol. The van der Waals surface area contributed by atoms with Crippen molar-refractivity contribution in [2.75, 3.05) is 6.54 Å². The molecule has 0 unspecified atom stereocenters. The largest absolute Gasteiger partial charge is 0.392 e. The van der Waals surface area contributed by atoms with Crippen molar-refractivity contribution in [3.63, 3.8) is 0 Å². The van der Waals surface area contributed by atoms with Crippen LogP contribution in [0, 0.1) is 16.7 Å². The average molecular weight is 298 g/mol. The molecule has 1 fully saturated rings. The number of nitrogens with two attached hydrogens (primary N) is 1. The van der Waals surface area contributed by atoms with Crippen LogP contribution in [0.1, 0.15) is 66.2 Å². The summed E-state index contributed by atoms with van der Waals surface area (Å²) in [5.41, 5.74) is 5.41. The molecule has 116 valence electrons. The fourth-order valence-corrected chi connectivity index (χ4v) is 2.90. The molecule has 0 radical (unpaired) electrons. The van der Waals surface area contributed by atoms with E-state index >= 15 is 0 Å². The van der Waals surface area contributed by atoms with Gasteiger partial charge in [0, 0.05) is 6.54 Å². The smallest absolute Gasteiger partial charge is 0.233 e. The Hall–Kier alpha value is -0.640. The first-order chi connectivity index (χ1) is 9.22. The van der Waals surface area contributed by atoms with Gasteiger partial charge in [-0.15, -0.1) is 0 Å². The summed E-state index contributed by atoms with van der Waals surface area (Å²) in [5, 5.41) is 3.12. The van der Waals surface area contributed by atoms with Gasteiger partial charge in [-0.05, 0) is 24.2 Å². The predicted octanol–water partition coefficient (Wildman–Crippen LogP) is 3.41. The second-order valence-corrected chi connectivity index (χ2v) is 7.63. The van der Waals surface area contributed by atoms with Gasteiger partial charge in [-0.3, -0.25) is 4.79 Å². The molecule has 3 nitrogen and oxygen atoms in total. The molecule has 0 aromatic heterocycles. The first-order valence-corrected chi connectivity index (χ1v) is 8.21. The molecule has 1 aliphatic carbocycles. The van der Waals surface area contributed by atoms with Crippen molar-refractivity contribution in [1.29, 1.82) is 0 Å². The maximum Gasteiger partial charge on any atom is 0.233 e. The van der Waals surface area contributed by atoms with Crippen LogP contribution in [0.15, 0.2) is 0 Å². The van der Waals surface area contributed by atoms with Crippen molar-refractivity contribution in [2.45, 2.75) is 66.2 Å². The number of carbonyl (C=O) groups excluding carboxylic acids is 1. The van der Waals surface area contributed by atoms with E-state index in [1.54, 1.807) is 0 Å². The van der Waals surface area contributed by atoms with Crippen LogP contribution in [0.5, 0.6) is 0 Å². The van der Waals surface area contributed by atoms with Crippen molar-refractivity contribution < 1.29 is 4.79 Å². The van der Waals surface area contributed by atoms with Crippen molar-refractivity contribution >= 4 is 23.1 Å². The number of rotatable bonds is 5. The highest BCUT2D eigenvalue weighted by Gasteiger charge is 2.41. The van der Waals surface area contributed by atoms with Crippen molar-refractivity contribution in [3.8, 4) is 0 Å². The lowest BCUT2D eigenvalue weighted by molar-refractivity contribution is -0.128. The molecule has 1 amide bonds. The zero-order valence-electron chi connectivity index (χ0n) is 13.4. The van der Waals surface area contributed by atoms with E-state index in [0.29, 0.717) is 17.5 Å². The molecule has 0 spiro atoms. The summed E-state index contributed by atoms with van der Waals surface area (Å²) in [4.78, 5) is 13.1. The minimum atomic E-state index is -0.612. The number of nitrogens with one attached hydrogen (secondary N) is 1. The molecular formula is C16H30N2OS. The van der Waals surface area contributed by atoms with E-state index in [1.165, 1.54) is 12.8 Å². The molecule has 0 aliphatic heterocycles. The Balaban J connectivity index is 2.77. The van der Waals surface area contributed by atoms with Crippen LogP contribution in [0.2, 0.25) is 0 Å². The molecule has 0 aromatic carbocycles. The first-order valence-electron chi connectivity index (χ1n) is 7.80. The SMILES string of the molecule is CC(C)C(C)(C)CNC(=O)C1(C(N)=S)CCCCCC1. The molecule has 0 saturated heterocycles. The van der Waals surface area contributed by atoms with E-state index in [-0.39, 0.29) is 11.3 Å². The normalized spacial score (nSPS) is 19.4. The van der Waals surface area contributed by atoms with E-state index in [1.807, 2.05) is 0 Å². The van der Waals surface area contributed by atoms with Crippen LogP contribution < -0.4 is 11.1 Å². The highest BCUT2D eigenvalue weighted by atomic mass is 32.1. The Kier molecular flexibility index (Phi) is 5.99. The van der Waals surface area contributed by atoms with E-state index in [9.17, 15) is 4.79 Å². The second kappa shape index (κ2) is 6.88. The van der Waals surface area contributed by atoms with Gasteiger partial charge in [0.15, 0.2) is 0 Å². The maximum atomic E-state index is 12.7. The number of thiocarbonyl (C=S) groups is 1. The molecule has 1 aliphatic rings. The molecule has 20 heavy (non-hydrogen) atoms. The summed E-state index contributed by atoms with van der Waals surface area (Å²) in [6.45, 7) is 9.40. The molecule has 1 rings (SSSR count). The molecule has 3 N–H and O–H groups in total. The van der Waals surface area contributed by atoms with Crippen LogP contribution in [0.25, 0.3) is 0 Å². The predicted molar refractivity (Wildman–Crippen MR) is 88.5 cm³/mol. The van der Waals surface area contributed by atoms with E-state index in [2.05, 4.69) is 33.0 Å². The Morgan fingerprint density at radius 3 is 2.15 bits per heavy atom. The van der Waals surface area contributed by atoms with Gasteiger partial charge >= 0.3 is 0 Å².